The van der Waals surface area contributed by atoms with Crippen LogP contribution in [0.5, 0.6) is 5.75 Å². The van der Waals surface area contributed by atoms with Crippen molar-refractivity contribution >= 4 is 11.9 Å². The molecule has 0 bridgehead atoms. The van der Waals surface area contributed by atoms with E-state index in [0.29, 0.717) is 12.4 Å². The number of hydrogen-bond acceptors (Lipinski definition) is 5. The molecule has 5 nitrogen and oxygen atoms in total. The first-order valence-corrected chi connectivity index (χ1v) is 9.33. The summed E-state index contributed by atoms with van der Waals surface area (Å²) < 4.78 is 16.0. The average Bonchev–Trinajstić information content (AvgIpc) is 2.71. The van der Waals surface area contributed by atoms with Crippen LogP contribution in [0.25, 0.3) is 0 Å². The van der Waals surface area contributed by atoms with Gasteiger partial charge in [0.05, 0.1) is 17.7 Å². The van der Waals surface area contributed by atoms with Crippen LogP contribution in [-0.4, -0.2) is 31.8 Å². The van der Waals surface area contributed by atoms with Gasteiger partial charge in [-0.1, -0.05) is 56.5 Å². The summed E-state index contributed by atoms with van der Waals surface area (Å²) in [4.78, 5) is 24.6. The Balaban J connectivity index is 1.82. The van der Waals surface area contributed by atoms with E-state index in [1.54, 1.807) is 24.3 Å². The Labute approximate surface area is 160 Å². The molecule has 27 heavy (non-hydrogen) atoms. The highest BCUT2D eigenvalue weighted by atomic mass is 16.6. The number of carbonyl (C=O) groups is 2. The van der Waals surface area contributed by atoms with Gasteiger partial charge >= 0.3 is 11.9 Å². The van der Waals surface area contributed by atoms with Crippen LogP contribution in [0.3, 0.4) is 0 Å². The SMILES string of the molecule is CCCCCCOC(=O)c1ccccc1C(=O)OCCOc1ccccc1. The van der Waals surface area contributed by atoms with Gasteiger partial charge in [0, 0.05) is 0 Å². The van der Waals surface area contributed by atoms with Crippen LogP contribution < -0.4 is 4.74 Å². The molecule has 5 heteroatoms. The van der Waals surface area contributed by atoms with E-state index in [1.165, 1.54) is 0 Å². The molecule has 0 amide bonds. The Morgan fingerprint density at radius 2 is 1.30 bits per heavy atom. The zero-order chi connectivity index (χ0) is 19.3. The van der Waals surface area contributed by atoms with Crippen LogP contribution in [0, 0.1) is 0 Å². The fourth-order valence-corrected chi connectivity index (χ4v) is 2.50. The minimum atomic E-state index is -0.565. The normalized spacial score (nSPS) is 10.3. The molecule has 0 heterocycles. The summed E-state index contributed by atoms with van der Waals surface area (Å²) >= 11 is 0. The number of benzene rings is 2. The zero-order valence-electron chi connectivity index (χ0n) is 15.7. The van der Waals surface area contributed by atoms with Crippen LogP contribution in [0.15, 0.2) is 54.6 Å². The summed E-state index contributed by atoms with van der Waals surface area (Å²) in [5.74, 6) is -0.356. The number of ether oxygens (including phenoxy) is 3. The molecule has 2 aromatic rings. The second-order valence-corrected chi connectivity index (χ2v) is 6.04. The fraction of sp³-hybridized carbons (Fsp3) is 0.364. The molecular weight excluding hydrogens is 344 g/mol. The summed E-state index contributed by atoms with van der Waals surface area (Å²) in [6, 6.07) is 15.8. The van der Waals surface area contributed by atoms with Crippen LogP contribution in [0.1, 0.15) is 53.3 Å². The van der Waals surface area contributed by atoms with E-state index < -0.39 is 11.9 Å². The molecule has 0 aromatic heterocycles. The van der Waals surface area contributed by atoms with Crippen molar-refractivity contribution in [2.75, 3.05) is 19.8 Å². The Hall–Kier alpha value is -2.82. The van der Waals surface area contributed by atoms with Gasteiger partial charge in [-0.15, -0.1) is 0 Å². The van der Waals surface area contributed by atoms with E-state index in [1.807, 2.05) is 30.3 Å². The lowest BCUT2D eigenvalue weighted by molar-refractivity contribution is 0.0422. The summed E-state index contributed by atoms with van der Waals surface area (Å²) in [6.45, 7) is 2.81. The maximum atomic E-state index is 12.3. The van der Waals surface area contributed by atoms with Crippen LogP contribution in [-0.2, 0) is 9.47 Å². The molecular formula is C22H26O5. The molecule has 0 unspecified atom stereocenters. The molecule has 0 saturated heterocycles. The molecule has 0 spiro atoms. The monoisotopic (exact) mass is 370 g/mol. The molecule has 0 aliphatic heterocycles. The molecule has 0 fully saturated rings. The Kier molecular flexibility index (Phi) is 8.90. The lowest BCUT2D eigenvalue weighted by Gasteiger charge is -2.10. The van der Waals surface area contributed by atoms with Crippen molar-refractivity contribution in [3.63, 3.8) is 0 Å². The largest absolute Gasteiger partial charge is 0.490 e. The summed E-state index contributed by atoms with van der Waals surface area (Å²) in [5, 5.41) is 0. The standard InChI is InChI=1S/C22H26O5/c1-2-3-4-10-15-26-21(23)19-13-8-9-14-20(19)22(24)27-17-16-25-18-11-6-5-7-12-18/h5-9,11-14H,2-4,10,15-17H2,1H3. The third-order valence-electron chi connectivity index (χ3n) is 3.93. The van der Waals surface area contributed by atoms with Gasteiger partial charge in [0.1, 0.15) is 19.0 Å². The van der Waals surface area contributed by atoms with Crippen LogP contribution in [0.4, 0.5) is 0 Å². The Bertz CT molecular complexity index is 712. The maximum absolute atomic E-state index is 12.3. The highest BCUT2D eigenvalue weighted by molar-refractivity contribution is 6.03. The number of hydrogen-bond donors (Lipinski definition) is 0. The Morgan fingerprint density at radius 1 is 0.704 bits per heavy atom. The minimum Gasteiger partial charge on any atom is -0.490 e. The number of unbranched alkanes of at least 4 members (excludes halogenated alkanes) is 3. The van der Waals surface area contributed by atoms with Gasteiger partial charge in [-0.25, -0.2) is 9.59 Å². The number of carbonyl (C=O) groups excluding carboxylic acids is 2. The van der Waals surface area contributed by atoms with Gasteiger partial charge in [0.2, 0.25) is 0 Å². The number of para-hydroxylation sites is 1. The zero-order valence-corrected chi connectivity index (χ0v) is 15.7. The summed E-state index contributed by atoms with van der Waals surface area (Å²) in [7, 11) is 0. The molecule has 0 saturated carbocycles. The third-order valence-corrected chi connectivity index (χ3v) is 3.93. The van der Waals surface area contributed by atoms with Crippen molar-refractivity contribution in [1.29, 1.82) is 0 Å². The van der Waals surface area contributed by atoms with E-state index in [0.717, 1.165) is 25.7 Å². The first kappa shape index (κ1) is 20.5. The van der Waals surface area contributed by atoms with Gasteiger partial charge in [-0.2, -0.15) is 0 Å². The van der Waals surface area contributed by atoms with Crippen molar-refractivity contribution < 1.29 is 23.8 Å². The predicted octanol–water partition coefficient (Wildman–Crippen LogP) is 4.66. The predicted molar refractivity (Wildman–Crippen MR) is 103 cm³/mol. The minimum absolute atomic E-state index is 0.0914. The van der Waals surface area contributed by atoms with Crippen LogP contribution >= 0.6 is 0 Å². The van der Waals surface area contributed by atoms with Gasteiger partial charge in [0.25, 0.3) is 0 Å². The van der Waals surface area contributed by atoms with Crippen molar-refractivity contribution in [3.8, 4) is 5.75 Å². The highest BCUT2D eigenvalue weighted by Crippen LogP contribution is 2.13. The van der Waals surface area contributed by atoms with Crippen molar-refractivity contribution in [2.24, 2.45) is 0 Å². The van der Waals surface area contributed by atoms with E-state index >= 15 is 0 Å². The van der Waals surface area contributed by atoms with E-state index in [2.05, 4.69) is 6.92 Å². The van der Waals surface area contributed by atoms with Gasteiger partial charge in [-0.05, 0) is 30.7 Å². The van der Waals surface area contributed by atoms with Gasteiger partial charge in [-0.3, -0.25) is 0 Å². The van der Waals surface area contributed by atoms with E-state index in [-0.39, 0.29) is 24.3 Å². The summed E-state index contributed by atoms with van der Waals surface area (Å²) in [5.41, 5.74) is 0.428. The second-order valence-electron chi connectivity index (χ2n) is 6.04. The Morgan fingerprint density at radius 3 is 1.93 bits per heavy atom. The number of rotatable bonds is 11. The lowest BCUT2D eigenvalue weighted by Crippen LogP contribution is -2.17. The van der Waals surface area contributed by atoms with Gasteiger partial charge < -0.3 is 14.2 Å². The third kappa shape index (κ3) is 7.13. The van der Waals surface area contributed by atoms with Crippen molar-refractivity contribution in [2.45, 2.75) is 32.6 Å². The molecule has 0 radical (unpaired) electrons. The second kappa shape index (κ2) is 11.7. The van der Waals surface area contributed by atoms with Gasteiger partial charge in [0.15, 0.2) is 0 Å². The average molecular weight is 370 g/mol. The first-order valence-electron chi connectivity index (χ1n) is 9.33. The quantitative estimate of drug-likeness (QED) is 0.425. The molecule has 0 aliphatic carbocycles. The topological polar surface area (TPSA) is 61.8 Å². The highest BCUT2D eigenvalue weighted by Gasteiger charge is 2.18. The first-order chi connectivity index (χ1) is 13.2. The van der Waals surface area contributed by atoms with Crippen LogP contribution in [0.2, 0.25) is 0 Å². The molecule has 144 valence electrons. The molecule has 0 atom stereocenters. The lowest BCUT2D eigenvalue weighted by atomic mass is 10.1. The molecule has 2 rings (SSSR count). The fourth-order valence-electron chi connectivity index (χ4n) is 2.50. The van der Waals surface area contributed by atoms with E-state index in [9.17, 15) is 9.59 Å². The molecule has 0 N–H and O–H groups in total. The van der Waals surface area contributed by atoms with Crippen molar-refractivity contribution in [3.05, 3.63) is 65.7 Å². The molecule has 0 aliphatic rings. The number of esters is 2. The van der Waals surface area contributed by atoms with E-state index in [4.69, 9.17) is 14.2 Å². The summed E-state index contributed by atoms with van der Waals surface area (Å²) in [6.07, 6.45) is 4.08. The maximum Gasteiger partial charge on any atom is 0.339 e. The smallest absolute Gasteiger partial charge is 0.339 e. The molecule has 2 aromatic carbocycles. The van der Waals surface area contributed by atoms with Crippen molar-refractivity contribution in [1.82, 2.24) is 0 Å².